The average Bonchev–Trinajstić information content (AvgIpc) is 2.51. The molecule has 0 saturated carbocycles. The van der Waals surface area contributed by atoms with Crippen molar-refractivity contribution in [3.8, 4) is 5.75 Å². The van der Waals surface area contributed by atoms with E-state index in [4.69, 9.17) is 5.73 Å². The van der Waals surface area contributed by atoms with Crippen LogP contribution in [0.1, 0.15) is 5.56 Å². The van der Waals surface area contributed by atoms with Crippen LogP contribution in [0.25, 0.3) is 0 Å². The third-order valence-corrected chi connectivity index (χ3v) is 1.79. The SMILES string of the molecule is Nc1cnn(Cc2cccc(O)c2)n1. The number of nitrogens with zero attached hydrogens (tertiary/aromatic N) is 3. The fraction of sp³-hybridized carbons (Fsp3) is 0.111. The first-order valence-corrected chi connectivity index (χ1v) is 4.17. The van der Waals surface area contributed by atoms with Crippen molar-refractivity contribution in [1.82, 2.24) is 15.0 Å². The molecule has 14 heavy (non-hydrogen) atoms. The molecule has 0 unspecified atom stereocenters. The quantitative estimate of drug-likeness (QED) is 0.727. The number of nitrogens with two attached hydrogens (primary N) is 1. The van der Waals surface area contributed by atoms with Crippen molar-refractivity contribution in [2.75, 3.05) is 5.73 Å². The Balaban J connectivity index is 2.18. The Morgan fingerprint density at radius 3 is 2.93 bits per heavy atom. The highest BCUT2D eigenvalue weighted by Crippen LogP contribution is 2.11. The maximum Gasteiger partial charge on any atom is 0.165 e. The van der Waals surface area contributed by atoms with Gasteiger partial charge in [-0.25, -0.2) is 0 Å². The Hall–Kier alpha value is -2.04. The molecule has 1 aromatic heterocycles. The number of anilines is 1. The lowest BCUT2D eigenvalue weighted by Gasteiger charge is -2.00. The summed E-state index contributed by atoms with van der Waals surface area (Å²) in [5, 5.41) is 17.1. The van der Waals surface area contributed by atoms with Gasteiger partial charge in [-0.15, -0.1) is 5.10 Å². The lowest BCUT2D eigenvalue weighted by molar-refractivity contribution is 0.473. The van der Waals surface area contributed by atoms with Crippen molar-refractivity contribution in [2.45, 2.75) is 6.54 Å². The zero-order valence-electron chi connectivity index (χ0n) is 7.46. The van der Waals surface area contributed by atoms with Crippen molar-refractivity contribution >= 4 is 5.82 Å². The largest absolute Gasteiger partial charge is 0.508 e. The summed E-state index contributed by atoms with van der Waals surface area (Å²) in [6, 6.07) is 6.95. The molecule has 0 amide bonds. The molecule has 0 bridgehead atoms. The molecule has 5 nitrogen and oxygen atoms in total. The molecule has 0 saturated heterocycles. The highest BCUT2D eigenvalue weighted by molar-refractivity contribution is 5.27. The van der Waals surface area contributed by atoms with Crippen LogP contribution in [0.2, 0.25) is 0 Å². The number of rotatable bonds is 2. The van der Waals surface area contributed by atoms with E-state index in [1.54, 1.807) is 18.2 Å². The Labute approximate surface area is 80.8 Å². The lowest BCUT2D eigenvalue weighted by atomic mass is 10.2. The van der Waals surface area contributed by atoms with Crippen LogP contribution in [0.15, 0.2) is 30.5 Å². The second-order valence-corrected chi connectivity index (χ2v) is 2.97. The van der Waals surface area contributed by atoms with Gasteiger partial charge in [0.15, 0.2) is 5.82 Å². The molecule has 0 aliphatic carbocycles. The van der Waals surface area contributed by atoms with Gasteiger partial charge in [0, 0.05) is 0 Å². The van der Waals surface area contributed by atoms with E-state index >= 15 is 0 Å². The predicted octanol–water partition coefficient (Wildman–Crippen LogP) is 0.614. The fourth-order valence-electron chi connectivity index (χ4n) is 1.21. The van der Waals surface area contributed by atoms with E-state index in [9.17, 15) is 5.11 Å². The van der Waals surface area contributed by atoms with Gasteiger partial charge in [-0.1, -0.05) is 12.1 Å². The smallest absolute Gasteiger partial charge is 0.165 e. The number of benzene rings is 1. The molecule has 2 rings (SSSR count). The molecule has 1 aromatic carbocycles. The van der Waals surface area contributed by atoms with Crippen LogP contribution in [0.3, 0.4) is 0 Å². The monoisotopic (exact) mass is 190 g/mol. The van der Waals surface area contributed by atoms with Crippen LogP contribution < -0.4 is 5.73 Å². The minimum Gasteiger partial charge on any atom is -0.508 e. The molecule has 1 heterocycles. The Morgan fingerprint density at radius 1 is 1.43 bits per heavy atom. The normalized spacial score (nSPS) is 10.3. The molecule has 0 aliphatic heterocycles. The third-order valence-electron chi connectivity index (χ3n) is 1.79. The summed E-state index contributed by atoms with van der Waals surface area (Å²) in [7, 11) is 0. The molecule has 0 atom stereocenters. The van der Waals surface area contributed by atoms with Crippen LogP contribution in [-0.2, 0) is 6.54 Å². The van der Waals surface area contributed by atoms with Crippen LogP contribution >= 0.6 is 0 Å². The number of aromatic hydroxyl groups is 1. The van der Waals surface area contributed by atoms with Crippen molar-refractivity contribution in [1.29, 1.82) is 0 Å². The summed E-state index contributed by atoms with van der Waals surface area (Å²) in [4.78, 5) is 1.48. The first-order chi connectivity index (χ1) is 6.74. The average molecular weight is 190 g/mol. The molecule has 0 fully saturated rings. The second kappa shape index (κ2) is 3.37. The Kier molecular flexibility index (Phi) is 2.06. The molecule has 2 aromatic rings. The lowest BCUT2D eigenvalue weighted by Crippen LogP contribution is -2.03. The van der Waals surface area contributed by atoms with Gasteiger partial charge in [0.1, 0.15) is 5.75 Å². The Morgan fingerprint density at radius 2 is 2.29 bits per heavy atom. The van der Waals surface area contributed by atoms with E-state index in [0.717, 1.165) is 5.56 Å². The Bertz CT molecular complexity index is 438. The van der Waals surface area contributed by atoms with Crippen LogP contribution in [0.4, 0.5) is 5.82 Å². The van der Waals surface area contributed by atoms with Gasteiger partial charge in [-0.05, 0) is 17.7 Å². The van der Waals surface area contributed by atoms with Gasteiger partial charge in [-0.2, -0.15) is 9.90 Å². The third kappa shape index (κ3) is 1.82. The first kappa shape index (κ1) is 8.55. The van der Waals surface area contributed by atoms with Crippen molar-refractivity contribution in [3.63, 3.8) is 0 Å². The number of hydrogen-bond donors (Lipinski definition) is 2. The highest BCUT2D eigenvalue weighted by Gasteiger charge is 1.98. The summed E-state index contributed by atoms with van der Waals surface area (Å²) in [6.07, 6.45) is 1.49. The van der Waals surface area contributed by atoms with Gasteiger partial charge in [0.25, 0.3) is 0 Å². The molecular weight excluding hydrogens is 180 g/mol. The van der Waals surface area contributed by atoms with Crippen molar-refractivity contribution in [2.24, 2.45) is 0 Å². The zero-order chi connectivity index (χ0) is 9.97. The molecule has 72 valence electrons. The van der Waals surface area contributed by atoms with Crippen LogP contribution in [0, 0.1) is 0 Å². The van der Waals surface area contributed by atoms with E-state index in [1.807, 2.05) is 6.07 Å². The van der Waals surface area contributed by atoms with Gasteiger partial charge >= 0.3 is 0 Å². The molecular formula is C9H10N4O. The minimum atomic E-state index is 0.239. The number of phenolic OH excluding ortho intramolecular Hbond substituents is 1. The van der Waals surface area contributed by atoms with Crippen molar-refractivity contribution < 1.29 is 5.11 Å². The van der Waals surface area contributed by atoms with Gasteiger partial charge in [0.05, 0.1) is 12.7 Å². The van der Waals surface area contributed by atoms with Gasteiger partial charge < -0.3 is 10.8 Å². The molecule has 5 heteroatoms. The van der Waals surface area contributed by atoms with E-state index in [2.05, 4.69) is 10.2 Å². The summed E-state index contributed by atoms with van der Waals surface area (Å²) in [6.45, 7) is 0.506. The van der Waals surface area contributed by atoms with E-state index in [0.29, 0.717) is 12.4 Å². The van der Waals surface area contributed by atoms with E-state index in [-0.39, 0.29) is 5.75 Å². The summed E-state index contributed by atoms with van der Waals surface area (Å²) >= 11 is 0. The first-order valence-electron chi connectivity index (χ1n) is 4.17. The van der Waals surface area contributed by atoms with E-state index < -0.39 is 0 Å². The number of phenols is 1. The summed E-state index contributed by atoms with van der Waals surface area (Å²) < 4.78 is 0. The molecule has 0 aliphatic rings. The predicted molar refractivity (Wildman–Crippen MR) is 51.6 cm³/mol. The van der Waals surface area contributed by atoms with Crippen LogP contribution in [-0.4, -0.2) is 20.1 Å². The maximum atomic E-state index is 9.22. The summed E-state index contributed by atoms with van der Waals surface area (Å²) in [5.41, 5.74) is 6.35. The fourth-order valence-corrected chi connectivity index (χ4v) is 1.21. The number of aromatic nitrogens is 3. The maximum absolute atomic E-state index is 9.22. The van der Waals surface area contributed by atoms with Crippen LogP contribution in [0.5, 0.6) is 5.75 Å². The number of hydrogen-bond acceptors (Lipinski definition) is 4. The van der Waals surface area contributed by atoms with E-state index in [1.165, 1.54) is 11.0 Å². The molecule has 0 radical (unpaired) electrons. The second-order valence-electron chi connectivity index (χ2n) is 2.97. The van der Waals surface area contributed by atoms with Gasteiger partial charge in [-0.3, -0.25) is 0 Å². The number of nitrogen functional groups attached to an aromatic ring is 1. The standard InChI is InChI=1S/C9H10N4O/c10-9-5-11-13(12-9)6-7-2-1-3-8(14)4-7/h1-5,14H,6H2,(H2,10,12). The van der Waals surface area contributed by atoms with Crippen molar-refractivity contribution in [3.05, 3.63) is 36.0 Å². The molecule has 3 N–H and O–H groups in total. The zero-order valence-corrected chi connectivity index (χ0v) is 7.46. The topological polar surface area (TPSA) is 77.0 Å². The van der Waals surface area contributed by atoms with Gasteiger partial charge in [0.2, 0.25) is 0 Å². The molecule has 0 spiro atoms. The highest BCUT2D eigenvalue weighted by atomic mass is 16.3. The summed E-state index contributed by atoms with van der Waals surface area (Å²) in [5.74, 6) is 0.632. The minimum absolute atomic E-state index is 0.239.